The number of carbonyl (C=O) groups excluding carboxylic acids is 1. The molecule has 2 rings (SSSR count). The van der Waals surface area contributed by atoms with E-state index in [0.29, 0.717) is 32.6 Å². The first-order valence-corrected chi connectivity index (χ1v) is 7.38. The summed E-state index contributed by atoms with van der Waals surface area (Å²) in [6.07, 6.45) is 1.25. The maximum Gasteiger partial charge on any atom is 0.230 e. The predicted molar refractivity (Wildman–Crippen MR) is 79.7 cm³/mol. The van der Waals surface area contributed by atoms with Gasteiger partial charge in [0, 0.05) is 25.8 Å². The summed E-state index contributed by atoms with van der Waals surface area (Å²) in [6, 6.07) is 6.45. The van der Waals surface area contributed by atoms with E-state index in [0.717, 1.165) is 5.56 Å². The summed E-state index contributed by atoms with van der Waals surface area (Å²) in [6.45, 7) is 3.67. The van der Waals surface area contributed by atoms with Crippen LogP contribution in [0.1, 0.15) is 25.3 Å². The van der Waals surface area contributed by atoms with Crippen LogP contribution in [0.2, 0.25) is 0 Å². The Kier molecular flexibility index (Phi) is 5.31. The lowest BCUT2D eigenvalue weighted by Crippen LogP contribution is -2.50. The fourth-order valence-corrected chi connectivity index (χ4v) is 2.65. The van der Waals surface area contributed by atoms with Gasteiger partial charge in [0.2, 0.25) is 5.91 Å². The number of hydrogen-bond acceptors (Lipinski definition) is 3. The van der Waals surface area contributed by atoms with Crippen molar-refractivity contribution in [3.63, 3.8) is 0 Å². The molecule has 1 atom stereocenters. The topological polar surface area (TPSA) is 50.4 Å². The van der Waals surface area contributed by atoms with Crippen LogP contribution in [-0.4, -0.2) is 38.8 Å². The molecular formula is C16H23FN2O2. The van der Waals surface area contributed by atoms with Crippen molar-refractivity contribution in [2.45, 2.75) is 31.2 Å². The van der Waals surface area contributed by atoms with E-state index >= 15 is 0 Å². The van der Waals surface area contributed by atoms with Gasteiger partial charge < -0.3 is 15.4 Å². The molecule has 0 radical (unpaired) electrons. The zero-order chi connectivity index (χ0) is 15.3. The number of likely N-dealkylation sites (N-methyl/N-ethyl adjacent to an activating group) is 1. The molecule has 4 nitrogen and oxygen atoms in total. The molecule has 1 heterocycles. The Bertz CT molecular complexity index is 470. The van der Waals surface area contributed by atoms with Crippen LogP contribution in [-0.2, 0) is 14.9 Å². The van der Waals surface area contributed by atoms with E-state index in [1.165, 1.54) is 12.1 Å². The number of amides is 1. The number of halogens is 1. The molecule has 5 heteroatoms. The molecule has 1 aliphatic heterocycles. The van der Waals surface area contributed by atoms with Crippen molar-refractivity contribution in [3.05, 3.63) is 35.6 Å². The molecule has 0 spiro atoms. The second-order valence-electron chi connectivity index (χ2n) is 5.60. The van der Waals surface area contributed by atoms with Crippen LogP contribution in [0.3, 0.4) is 0 Å². The van der Waals surface area contributed by atoms with Crippen LogP contribution in [0.25, 0.3) is 0 Å². The Morgan fingerprint density at radius 3 is 2.52 bits per heavy atom. The standard InChI is InChI=1S/C16H23FN2O2/c1-12(18-2)11-19-15(20)16(7-9-21-10-8-16)13-3-5-14(17)6-4-13/h3-6,12,18H,7-11H2,1-2H3,(H,19,20). The van der Waals surface area contributed by atoms with Gasteiger partial charge in [0.15, 0.2) is 0 Å². The second kappa shape index (κ2) is 7.00. The number of carbonyl (C=O) groups is 1. The summed E-state index contributed by atoms with van der Waals surface area (Å²) in [7, 11) is 1.86. The van der Waals surface area contributed by atoms with Crippen LogP contribution < -0.4 is 10.6 Å². The van der Waals surface area contributed by atoms with Crippen molar-refractivity contribution in [3.8, 4) is 0 Å². The van der Waals surface area contributed by atoms with Crippen molar-refractivity contribution in [1.29, 1.82) is 0 Å². The van der Waals surface area contributed by atoms with E-state index in [-0.39, 0.29) is 17.8 Å². The molecule has 0 saturated carbocycles. The van der Waals surface area contributed by atoms with E-state index in [9.17, 15) is 9.18 Å². The molecule has 1 unspecified atom stereocenters. The number of benzene rings is 1. The molecule has 1 fully saturated rings. The summed E-state index contributed by atoms with van der Waals surface area (Å²) in [5.74, 6) is -0.287. The van der Waals surface area contributed by atoms with Gasteiger partial charge in [0.05, 0.1) is 5.41 Å². The van der Waals surface area contributed by atoms with Crippen LogP contribution in [0, 0.1) is 5.82 Å². The fourth-order valence-electron chi connectivity index (χ4n) is 2.65. The van der Waals surface area contributed by atoms with Gasteiger partial charge in [-0.3, -0.25) is 4.79 Å². The predicted octanol–water partition coefficient (Wildman–Crippen LogP) is 1.60. The maximum atomic E-state index is 13.1. The second-order valence-corrected chi connectivity index (χ2v) is 5.60. The Labute approximate surface area is 125 Å². The molecule has 116 valence electrons. The van der Waals surface area contributed by atoms with Crippen LogP contribution >= 0.6 is 0 Å². The summed E-state index contributed by atoms with van der Waals surface area (Å²) in [5, 5.41) is 6.10. The zero-order valence-corrected chi connectivity index (χ0v) is 12.6. The third-order valence-corrected chi connectivity index (χ3v) is 4.24. The molecule has 1 aromatic rings. The zero-order valence-electron chi connectivity index (χ0n) is 12.6. The third-order valence-electron chi connectivity index (χ3n) is 4.24. The lowest BCUT2D eigenvalue weighted by Gasteiger charge is -2.36. The number of rotatable bonds is 5. The smallest absolute Gasteiger partial charge is 0.230 e. The van der Waals surface area contributed by atoms with E-state index in [4.69, 9.17) is 4.74 Å². The molecule has 1 aliphatic rings. The highest BCUT2D eigenvalue weighted by molar-refractivity contribution is 5.88. The quantitative estimate of drug-likeness (QED) is 0.867. The third kappa shape index (κ3) is 3.60. The first kappa shape index (κ1) is 15.9. The Hall–Kier alpha value is -1.46. The Morgan fingerprint density at radius 1 is 1.33 bits per heavy atom. The first-order valence-electron chi connectivity index (χ1n) is 7.38. The molecule has 0 aliphatic carbocycles. The average molecular weight is 294 g/mol. The molecule has 0 bridgehead atoms. The lowest BCUT2D eigenvalue weighted by molar-refractivity contribution is -0.130. The Balaban J connectivity index is 2.20. The monoisotopic (exact) mass is 294 g/mol. The summed E-state index contributed by atoms with van der Waals surface area (Å²) in [4.78, 5) is 12.7. The van der Waals surface area contributed by atoms with Gasteiger partial charge in [0.1, 0.15) is 5.82 Å². The van der Waals surface area contributed by atoms with E-state index in [1.807, 2.05) is 14.0 Å². The molecule has 21 heavy (non-hydrogen) atoms. The summed E-state index contributed by atoms with van der Waals surface area (Å²) < 4.78 is 18.5. The minimum Gasteiger partial charge on any atom is -0.381 e. The molecule has 0 aromatic heterocycles. The van der Waals surface area contributed by atoms with Crippen molar-refractivity contribution in [1.82, 2.24) is 10.6 Å². The molecule has 1 amide bonds. The van der Waals surface area contributed by atoms with Crippen LogP contribution in [0.4, 0.5) is 4.39 Å². The number of hydrogen-bond donors (Lipinski definition) is 2. The van der Waals surface area contributed by atoms with Gasteiger partial charge in [-0.2, -0.15) is 0 Å². The van der Waals surface area contributed by atoms with Gasteiger partial charge >= 0.3 is 0 Å². The van der Waals surface area contributed by atoms with Crippen molar-refractivity contribution < 1.29 is 13.9 Å². The normalized spacial score (nSPS) is 19.0. The first-order chi connectivity index (χ1) is 10.1. The number of nitrogens with one attached hydrogen (secondary N) is 2. The Morgan fingerprint density at radius 2 is 1.95 bits per heavy atom. The van der Waals surface area contributed by atoms with Gasteiger partial charge in [-0.1, -0.05) is 12.1 Å². The highest BCUT2D eigenvalue weighted by Gasteiger charge is 2.41. The van der Waals surface area contributed by atoms with Crippen molar-refractivity contribution in [2.24, 2.45) is 0 Å². The average Bonchev–Trinajstić information content (AvgIpc) is 2.53. The van der Waals surface area contributed by atoms with E-state index < -0.39 is 5.41 Å². The number of ether oxygens (including phenoxy) is 1. The molecular weight excluding hydrogens is 271 g/mol. The fraction of sp³-hybridized carbons (Fsp3) is 0.562. The van der Waals surface area contributed by atoms with Crippen LogP contribution in [0.5, 0.6) is 0 Å². The van der Waals surface area contributed by atoms with E-state index in [1.54, 1.807) is 12.1 Å². The van der Waals surface area contributed by atoms with Gasteiger partial charge in [-0.25, -0.2) is 4.39 Å². The minimum absolute atomic E-state index is 0.000455. The summed E-state index contributed by atoms with van der Waals surface area (Å²) in [5.41, 5.74) is 0.251. The highest BCUT2D eigenvalue weighted by Crippen LogP contribution is 2.35. The highest BCUT2D eigenvalue weighted by atomic mass is 19.1. The van der Waals surface area contributed by atoms with Crippen molar-refractivity contribution >= 4 is 5.91 Å². The van der Waals surface area contributed by atoms with Gasteiger partial charge in [0.25, 0.3) is 0 Å². The van der Waals surface area contributed by atoms with Crippen molar-refractivity contribution in [2.75, 3.05) is 26.8 Å². The molecule has 2 N–H and O–H groups in total. The van der Waals surface area contributed by atoms with Gasteiger partial charge in [-0.15, -0.1) is 0 Å². The minimum atomic E-state index is -0.612. The molecule has 1 saturated heterocycles. The maximum absolute atomic E-state index is 13.1. The lowest BCUT2D eigenvalue weighted by atomic mass is 9.73. The van der Waals surface area contributed by atoms with E-state index in [2.05, 4.69) is 10.6 Å². The largest absolute Gasteiger partial charge is 0.381 e. The SMILES string of the molecule is CNC(C)CNC(=O)C1(c2ccc(F)cc2)CCOCC1. The van der Waals surface area contributed by atoms with Crippen LogP contribution in [0.15, 0.2) is 24.3 Å². The summed E-state index contributed by atoms with van der Waals surface area (Å²) >= 11 is 0. The molecule has 1 aromatic carbocycles. The van der Waals surface area contributed by atoms with Gasteiger partial charge in [-0.05, 0) is 44.5 Å².